The van der Waals surface area contributed by atoms with Crippen molar-refractivity contribution in [3.05, 3.63) is 65.2 Å². The van der Waals surface area contributed by atoms with Gasteiger partial charge in [-0.05, 0) is 61.6 Å². The van der Waals surface area contributed by atoms with Crippen LogP contribution in [-0.4, -0.2) is 29.1 Å². The smallest absolute Gasteiger partial charge is 0.320 e. The summed E-state index contributed by atoms with van der Waals surface area (Å²) in [6.07, 6.45) is 9.08. The first-order chi connectivity index (χ1) is 16.0. The number of carboxylic acid groups (broad SMARTS) is 1. The normalized spacial score (nSPS) is 22.2. The number of aliphatic carboxylic acids is 1. The molecule has 5 heteroatoms. The number of hydrogen-bond donors (Lipinski definition) is 3. The Morgan fingerprint density at radius 1 is 1.09 bits per heavy atom. The summed E-state index contributed by atoms with van der Waals surface area (Å²) in [7, 11) is 0. The lowest BCUT2D eigenvalue weighted by Gasteiger charge is -2.29. The SMILES string of the molecule is Cc1ccc(CC2Cc3ccccc3NC(=O)[C@@H]2N[C@@H](CCC2CCCCC2)C(=O)O)cc1. The third-order valence-corrected chi connectivity index (χ3v) is 7.40. The van der Waals surface area contributed by atoms with Crippen LogP contribution in [0.25, 0.3) is 0 Å². The van der Waals surface area contributed by atoms with Crippen molar-refractivity contribution in [1.82, 2.24) is 5.32 Å². The number of para-hydroxylation sites is 1. The molecule has 1 unspecified atom stereocenters. The van der Waals surface area contributed by atoms with Gasteiger partial charge in [-0.3, -0.25) is 14.9 Å². The van der Waals surface area contributed by atoms with Crippen molar-refractivity contribution < 1.29 is 14.7 Å². The predicted molar refractivity (Wildman–Crippen MR) is 131 cm³/mol. The number of benzene rings is 2. The Hall–Kier alpha value is -2.66. The summed E-state index contributed by atoms with van der Waals surface area (Å²) >= 11 is 0. The number of carboxylic acids is 1. The monoisotopic (exact) mass is 448 g/mol. The molecule has 0 saturated heterocycles. The van der Waals surface area contributed by atoms with Crippen LogP contribution in [0.1, 0.15) is 61.6 Å². The highest BCUT2D eigenvalue weighted by molar-refractivity contribution is 5.97. The minimum absolute atomic E-state index is 0.0344. The second-order valence-electron chi connectivity index (χ2n) is 9.92. The maximum Gasteiger partial charge on any atom is 0.320 e. The Kier molecular flexibility index (Phi) is 7.81. The molecule has 0 radical (unpaired) electrons. The lowest BCUT2D eigenvalue weighted by molar-refractivity contribution is -0.140. The van der Waals surface area contributed by atoms with Gasteiger partial charge in [-0.25, -0.2) is 0 Å². The van der Waals surface area contributed by atoms with Crippen molar-refractivity contribution in [2.75, 3.05) is 5.32 Å². The number of carbonyl (C=O) groups is 2. The summed E-state index contributed by atoms with van der Waals surface area (Å²) in [6.45, 7) is 2.06. The van der Waals surface area contributed by atoms with Crippen LogP contribution in [0.3, 0.4) is 0 Å². The van der Waals surface area contributed by atoms with Gasteiger partial charge in [-0.15, -0.1) is 0 Å². The Labute approximate surface area is 197 Å². The van der Waals surface area contributed by atoms with Crippen molar-refractivity contribution in [3.63, 3.8) is 0 Å². The van der Waals surface area contributed by atoms with E-state index in [4.69, 9.17) is 0 Å². The van der Waals surface area contributed by atoms with Crippen molar-refractivity contribution in [3.8, 4) is 0 Å². The molecule has 3 atom stereocenters. The van der Waals surface area contributed by atoms with Gasteiger partial charge in [0.25, 0.3) is 0 Å². The van der Waals surface area contributed by atoms with Gasteiger partial charge >= 0.3 is 5.97 Å². The molecule has 0 spiro atoms. The lowest BCUT2D eigenvalue weighted by atomic mass is 9.84. The van der Waals surface area contributed by atoms with E-state index in [1.807, 2.05) is 18.2 Å². The Balaban J connectivity index is 1.54. The summed E-state index contributed by atoms with van der Waals surface area (Å²) in [5.41, 5.74) is 4.29. The average molecular weight is 449 g/mol. The Bertz CT molecular complexity index is 950. The molecular formula is C28H36N2O3. The van der Waals surface area contributed by atoms with Gasteiger partial charge in [0.1, 0.15) is 6.04 Å². The first-order valence-corrected chi connectivity index (χ1v) is 12.4. The number of rotatable bonds is 8. The van der Waals surface area contributed by atoms with Crippen LogP contribution < -0.4 is 10.6 Å². The molecular weight excluding hydrogens is 412 g/mol. The summed E-state index contributed by atoms with van der Waals surface area (Å²) in [5.74, 6) is -0.429. The number of nitrogens with one attached hydrogen (secondary N) is 2. The first-order valence-electron chi connectivity index (χ1n) is 12.4. The molecule has 2 aliphatic rings. The van der Waals surface area contributed by atoms with E-state index >= 15 is 0 Å². The quantitative estimate of drug-likeness (QED) is 0.524. The number of hydrogen-bond acceptors (Lipinski definition) is 3. The number of anilines is 1. The van der Waals surface area contributed by atoms with E-state index < -0.39 is 18.1 Å². The molecule has 2 aromatic rings. The fraction of sp³-hybridized carbons (Fsp3) is 0.500. The van der Waals surface area contributed by atoms with Crippen LogP contribution in [0.5, 0.6) is 0 Å². The van der Waals surface area contributed by atoms with Crippen molar-refractivity contribution in [2.24, 2.45) is 11.8 Å². The molecule has 1 heterocycles. The van der Waals surface area contributed by atoms with Crippen LogP contribution in [0.2, 0.25) is 0 Å². The van der Waals surface area contributed by atoms with Gasteiger partial charge in [-0.2, -0.15) is 0 Å². The fourth-order valence-electron chi connectivity index (χ4n) is 5.45. The largest absolute Gasteiger partial charge is 0.480 e. The number of carbonyl (C=O) groups excluding carboxylic acids is 1. The lowest BCUT2D eigenvalue weighted by Crippen LogP contribution is -2.52. The highest BCUT2D eigenvalue weighted by Crippen LogP contribution is 2.30. The van der Waals surface area contributed by atoms with E-state index in [0.717, 1.165) is 24.1 Å². The van der Waals surface area contributed by atoms with Gasteiger partial charge in [0.2, 0.25) is 5.91 Å². The number of aryl methyl sites for hydroxylation is 1. The van der Waals surface area contributed by atoms with E-state index in [2.05, 4.69) is 47.9 Å². The second-order valence-corrected chi connectivity index (χ2v) is 9.92. The van der Waals surface area contributed by atoms with Crippen LogP contribution >= 0.6 is 0 Å². The van der Waals surface area contributed by atoms with E-state index in [9.17, 15) is 14.7 Å². The summed E-state index contributed by atoms with van der Waals surface area (Å²) in [6, 6.07) is 15.0. The van der Waals surface area contributed by atoms with Gasteiger partial charge in [0.15, 0.2) is 0 Å². The fourth-order valence-corrected chi connectivity index (χ4v) is 5.45. The van der Waals surface area contributed by atoms with Gasteiger partial charge in [-0.1, -0.05) is 80.1 Å². The molecule has 1 saturated carbocycles. The van der Waals surface area contributed by atoms with E-state index in [1.54, 1.807) is 0 Å². The number of fused-ring (bicyclic) bond motifs is 1. The molecule has 1 fully saturated rings. The zero-order valence-electron chi connectivity index (χ0n) is 19.6. The first kappa shape index (κ1) is 23.5. The molecule has 0 aromatic heterocycles. The van der Waals surface area contributed by atoms with Gasteiger partial charge in [0, 0.05) is 5.69 Å². The Morgan fingerprint density at radius 2 is 1.82 bits per heavy atom. The van der Waals surface area contributed by atoms with Crippen molar-refractivity contribution in [2.45, 2.75) is 76.8 Å². The van der Waals surface area contributed by atoms with E-state index in [1.165, 1.54) is 43.2 Å². The maximum atomic E-state index is 13.3. The van der Waals surface area contributed by atoms with Gasteiger partial charge < -0.3 is 10.4 Å². The Morgan fingerprint density at radius 3 is 2.55 bits per heavy atom. The molecule has 1 aliphatic heterocycles. The zero-order valence-corrected chi connectivity index (χ0v) is 19.6. The summed E-state index contributed by atoms with van der Waals surface area (Å²) in [5, 5.41) is 16.3. The number of amides is 1. The topological polar surface area (TPSA) is 78.4 Å². The molecule has 4 rings (SSSR count). The van der Waals surface area contributed by atoms with Crippen molar-refractivity contribution in [1.29, 1.82) is 0 Å². The average Bonchev–Trinajstić information content (AvgIpc) is 2.94. The minimum Gasteiger partial charge on any atom is -0.480 e. The van der Waals surface area contributed by atoms with Crippen LogP contribution in [0.15, 0.2) is 48.5 Å². The van der Waals surface area contributed by atoms with Gasteiger partial charge in [0.05, 0.1) is 6.04 Å². The van der Waals surface area contributed by atoms with Crippen LogP contribution in [-0.2, 0) is 22.4 Å². The maximum absolute atomic E-state index is 13.3. The summed E-state index contributed by atoms with van der Waals surface area (Å²) in [4.78, 5) is 25.5. The molecule has 1 aliphatic carbocycles. The molecule has 176 valence electrons. The molecule has 5 nitrogen and oxygen atoms in total. The molecule has 33 heavy (non-hydrogen) atoms. The molecule has 0 bridgehead atoms. The standard InChI is InChI=1S/C28H36N2O3/c1-19-11-13-21(14-12-19)17-23-18-22-9-5-6-10-24(22)30-27(31)26(23)29-25(28(32)33)16-15-20-7-3-2-4-8-20/h5-6,9-14,20,23,25-26,29H,2-4,7-8,15-18H2,1H3,(H,30,31)(H,32,33)/t23?,25-,26+/m0/s1. The van der Waals surface area contributed by atoms with Crippen LogP contribution in [0, 0.1) is 18.8 Å². The van der Waals surface area contributed by atoms with E-state index in [0.29, 0.717) is 18.8 Å². The third kappa shape index (κ3) is 6.23. The zero-order chi connectivity index (χ0) is 23.2. The van der Waals surface area contributed by atoms with E-state index in [-0.39, 0.29) is 11.8 Å². The summed E-state index contributed by atoms with van der Waals surface area (Å²) < 4.78 is 0. The third-order valence-electron chi connectivity index (χ3n) is 7.40. The minimum atomic E-state index is -0.866. The highest BCUT2D eigenvalue weighted by atomic mass is 16.4. The van der Waals surface area contributed by atoms with Crippen molar-refractivity contribution >= 4 is 17.6 Å². The highest BCUT2D eigenvalue weighted by Gasteiger charge is 2.35. The second kappa shape index (κ2) is 11.0. The predicted octanol–water partition coefficient (Wildman–Crippen LogP) is 5.12. The molecule has 3 N–H and O–H groups in total. The van der Waals surface area contributed by atoms with Crippen LogP contribution in [0.4, 0.5) is 5.69 Å². The molecule has 1 amide bonds. The molecule has 2 aromatic carbocycles.